The molecule has 4 heterocycles. The highest BCUT2D eigenvalue weighted by Gasteiger charge is 2.43. The largest absolute Gasteiger partial charge is 0.381 e. The van der Waals surface area contributed by atoms with Crippen molar-refractivity contribution in [3.63, 3.8) is 0 Å². The number of anilines is 1. The first-order valence-corrected chi connectivity index (χ1v) is 11.5. The molecule has 0 bridgehead atoms. The van der Waals surface area contributed by atoms with Gasteiger partial charge >= 0.3 is 0 Å². The smallest absolute Gasteiger partial charge is 0.228 e. The molecule has 0 aliphatic carbocycles. The van der Waals surface area contributed by atoms with Crippen LogP contribution in [0.3, 0.4) is 0 Å². The molecule has 0 aromatic heterocycles. The second kappa shape index (κ2) is 8.74. The maximum Gasteiger partial charge on any atom is 0.228 e. The molecule has 8 heteroatoms. The number of hydrogen-bond donors (Lipinski definition) is 0. The van der Waals surface area contributed by atoms with Crippen molar-refractivity contribution >= 4 is 17.5 Å². The molecular formula is C23H31FN4O3. The standard InChI is InChI=1S/C23H31FN4O3/c24-18-1-3-19(4-2-18)25-7-9-26(10-8-25)21-15-27(16-21)23(30)17-13-22(29)28(14-17)20-5-11-31-12-6-20/h1-4,17,20-21H,5-16H2. The van der Waals surface area contributed by atoms with Gasteiger partial charge in [-0.3, -0.25) is 14.5 Å². The van der Waals surface area contributed by atoms with Gasteiger partial charge in [0.05, 0.1) is 5.92 Å². The summed E-state index contributed by atoms with van der Waals surface area (Å²) in [5.74, 6) is -0.128. The van der Waals surface area contributed by atoms with Gasteiger partial charge in [-0.25, -0.2) is 4.39 Å². The number of halogens is 1. The minimum Gasteiger partial charge on any atom is -0.381 e. The summed E-state index contributed by atoms with van der Waals surface area (Å²) in [4.78, 5) is 34.0. The zero-order chi connectivity index (χ0) is 21.4. The molecule has 4 fully saturated rings. The predicted molar refractivity (Wildman–Crippen MR) is 114 cm³/mol. The molecule has 0 radical (unpaired) electrons. The quantitative estimate of drug-likeness (QED) is 0.718. The van der Waals surface area contributed by atoms with Crippen molar-refractivity contribution in [2.45, 2.75) is 31.3 Å². The minimum absolute atomic E-state index is 0.124. The van der Waals surface area contributed by atoms with E-state index in [1.165, 1.54) is 12.1 Å². The monoisotopic (exact) mass is 430 g/mol. The molecule has 0 N–H and O–H groups in total. The summed E-state index contributed by atoms with van der Waals surface area (Å²) < 4.78 is 18.5. The van der Waals surface area contributed by atoms with Crippen molar-refractivity contribution in [2.24, 2.45) is 5.92 Å². The van der Waals surface area contributed by atoms with E-state index in [1.54, 1.807) is 0 Å². The van der Waals surface area contributed by atoms with Crippen LogP contribution in [0.15, 0.2) is 24.3 Å². The lowest BCUT2D eigenvalue weighted by molar-refractivity contribution is -0.143. The molecule has 4 aliphatic heterocycles. The van der Waals surface area contributed by atoms with Crippen LogP contribution in [0.4, 0.5) is 10.1 Å². The van der Waals surface area contributed by atoms with Crippen LogP contribution >= 0.6 is 0 Å². The van der Waals surface area contributed by atoms with Crippen LogP contribution in [0.5, 0.6) is 0 Å². The van der Waals surface area contributed by atoms with Gasteiger partial charge in [0.15, 0.2) is 0 Å². The van der Waals surface area contributed by atoms with Gasteiger partial charge in [-0.2, -0.15) is 0 Å². The predicted octanol–water partition coefficient (Wildman–Crippen LogP) is 1.19. The van der Waals surface area contributed by atoms with E-state index in [0.717, 1.165) is 57.8 Å². The number of nitrogens with zero attached hydrogens (tertiary/aromatic N) is 4. The summed E-state index contributed by atoms with van der Waals surface area (Å²) in [5.41, 5.74) is 1.06. The summed E-state index contributed by atoms with van der Waals surface area (Å²) in [6.45, 7) is 7.21. The van der Waals surface area contributed by atoms with E-state index in [-0.39, 0.29) is 29.6 Å². The Bertz CT molecular complexity index is 800. The van der Waals surface area contributed by atoms with E-state index in [4.69, 9.17) is 4.74 Å². The second-order valence-electron chi connectivity index (χ2n) is 9.19. The van der Waals surface area contributed by atoms with Gasteiger partial charge in [0.1, 0.15) is 5.82 Å². The third kappa shape index (κ3) is 4.28. The number of likely N-dealkylation sites (tertiary alicyclic amines) is 2. The Hall–Kier alpha value is -2.19. The van der Waals surface area contributed by atoms with Crippen molar-refractivity contribution in [1.82, 2.24) is 14.7 Å². The van der Waals surface area contributed by atoms with Gasteiger partial charge in [0, 0.05) is 83.2 Å². The van der Waals surface area contributed by atoms with Crippen LogP contribution in [0.1, 0.15) is 19.3 Å². The average Bonchev–Trinajstić information content (AvgIpc) is 3.16. The number of benzene rings is 1. The minimum atomic E-state index is -0.207. The fourth-order valence-electron chi connectivity index (χ4n) is 5.37. The zero-order valence-electron chi connectivity index (χ0n) is 17.9. The maximum atomic E-state index is 13.1. The molecule has 4 saturated heterocycles. The van der Waals surface area contributed by atoms with Crippen molar-refractivity contribution in [3.8, 4) is 0 Å². The van der Waals surface area contributed by atoms with Crippen molar-refractivity contribution in [1.29, 1.82) is 0 Å². The van der Waals surface area contributed by atoms with Crippen molar-refractivity contribution in [2.75, 3.05) is 63.9 Å². The first-order valence-electron chi connectivity index (χ1n) is 11.5. The number of carbonyl (C=O) groups is 2. The van der Waals surface area contributed by atoms with E-state index in [0.29, 0.717) is 32.2 Å². The van der Waals surface area contributed by atoms with Gasteiger partial charge < -0.3 is 19.4 Å². The van der Waals surface area contributed by atoms with E-state index < -0.39 is 0 Å². The van der Waals surface area contributed by atoms with E-state index in [1.807, 2.05) is 21.9 Å². The highest BCUT2D eigenvalue weighted by Crippen LogP contribution is 2.28. The molecule has 5 rings (SSSR count). The molecule has 1 aromatic carbocycles. The topological polar surface area (TPSA) is 56.3 Å². The van der Waals surface area contributed by atoms with Gasteiger partial charge in [-0.05, 0) is 37.1 Å². The summed E-state index contributed by atoms with van der Waals surface area (Å²) >= 11 is 0. The molecule has 1 unspecified atom stereocenters. The molecule has 0 saturated carbocycles. The lowest BCUT2D eigenvalue weighted by Crippen LogP contribution is -2.65. The normalized spacial score (nSPS) is 26.4. The SMILES string of the molecule is O=C(C1CC(=O)N(C2CCOCC2)C1)N1CC(N2CCN(c3ccc(F)cc3)CC2)C1. The Morgan fingerprint density at radius 2 is 1.61 bits per heavy atom. The Labute approximate surface area is 182 Å². The van der Waals surface area contributed by atoms with Crippen LogP contribution < -0.4 is 4.90 Å². The molecule has 2 amide bonds. The van der Waals surface area contributed by atoms with Crippen LogP contribution in [-0.4, -0.2) is 97.6 Å². The molecule has 168 valence electrons. The third-order valence-electron chi connectivity index (χ3n) is 7.34. The van der Waals surface area contributed by atoms with E-state index in [9.17, 15) is 14.0 Å². The summed E-state index contributed by atoms with van der Waals surface area (Å²) in [5, 5.41) is 0. The lowest BCUT2D eigenvalue weighted by Gasteiger charge is -2.49. The van der Waals surface area contributed by atoms with E-state index in [2.05, 4.69) is 9.80 Å². The molecule has 0 spiro atoms. The molecule has 7 nitrogen and oxygen atoms in total. The summed E-state index contributed by atoms with van der Waals surface area (Å²) in [6.07, 6.45) is 2.11. The van der Waals surface area contributed by atoms with Gasteiger partial charge in [0.2, 0.25) is 11.8 Å². The second-order valence-corrected chi connectivity index (χ2v) is 9.19. The Balaban J connectivity index is 1.08. The first kappa shape index (κ1) is 20.7. The Kier molecular flexibility index (Phi) is 5.84. The number of carbonyl (C=O) groups excluding carboxylic acids is 2. The highest BCUT2D eigenvalue weighted by molar-refractivity contribution is 5.89. The van der Waals surface area contributed by atoms with Gasteiger partial charge in [-0.1, -0.05) is 0 Å². The van der Waals surface area contributed by atoms with Crippen LogP contribution in [0, 0.1) is 11.7 Å². The summed E-state index contributed by atoms with van der Waals surface area (Å²) in [6, 6.07) is 7.33. The fraction of sp³-hybridized carbons (Fsp3) is 0.652. The third-order valence-corrected chi connectivity index (χ3v) is 7.34. The van der Waals surface area contributed by atoms with Crippen molar-refractivity contribution < 1.29 is 18.7 Å². The number of hydrogen-bond acceptors (Lipinski definition) is 5. The Morgan fingerprint density at radius 3 is 2.29 bits per heavy atom. The number of piperazine rings is 1. The molecule has 31 heavy (non-hydrogen) atoms. The fourth-order valence-corrected chi connectivity index (χ4v) is 5.37. The van der Waals surface area contributed by atoms with Crippen LogP contribution in [0.2, 0.25) is 0 Å². The lowest BCUT2D eigenvalue weighted by atomic mass is 10.0. The van der Waals surface area contributed by atoms with E-state index >= 15 is 0 Å². The zero-order valence-corrected chi connectivity index (χ0v) is 17.9. The molecule has 1 atom stereocenters. The Morgan fingerprint density at radius 1 is 0.935 bits per heavy atom. The molecular weight excluding hydrogens is 399 g/mol. The highest BCUT2D eigenvalue weighted by atomic mass is 19.1. The van der Waals surface area contributed by atoms with Gasteiger partial charge in [0.25, 0.3) is 0 Å². The van der Waals surface area contributed by atoms with Crippen LogP contribution in [0.25, 0.3) is 0 Å². The van der Waals surface area contributed by atoms with Crippen molar-refractivity contribution in [3.05, 3.63) is 30.1 Å². The average molecular weight is 431 g/mol. The maximum absolute atomic E-state index is 13.1. The van der Waals surface area contributed by atoms with Crippen LogP contribution in [-0.2, 0) is 14.3 Å². The number of rotatable bonds is 4. The molecule has 1 aromatic rings. The molecule has 4 aliphatic rings. The number of amides is 2. The number of ether oxygens (including phenoxy) is 1. The summed E-state index contributed by atoms with van der Waals surface area (Å²) in [7, 11) is 0. The first-order chi connectivity index (χ1) is 15.1. The van der Waals surface area contributed by atoms with Gasteiger partial charge in [-0.15, -0.1) is 0 Å².